The second-order valence-corrected chi connectivity index (χ2v) is 26.3. The number of para-hydroxylation sites is 7. The Morgan fingerprint density at radius 1 is 0.204 bits per heavy atom. The summed E-state index contributed by atoms with van der Waals surface area (Å²) in [4.78, 5) is 9.94. The summed E-state index contributed by atoms with van der Waals surface area (Å²) in [7, 11) is 0. The Bertz CT molecular complexity index is 6130. The van der Waals surface area contributed by atoms with Crippen LogP contribution in [0.5, 0.6) is 0 Å². The maximum Gasteiger partial charge on any atom is 0.252 e. The van der Waals surface area contributed by atoms with Crippen molar-refractivity contribution < 1.29 is 4.42 Å². The third kappa shape index (κ3) is 8.12. The zero-order chi connectivity index (χ0) is 64.1. The lowest BCUT2D eigenvalue weighted by Gasteiger charge is -2.44. The Kier molecular flexibility index (Phi) is 11.9. The number of benzene rings is 15. The van der Waals surface area contributed by atoms with Crippen LogP contribution in [0.2, 0.25) is 0 Å². The van der Waals surface area contributed by atoms with Gasteiger partial charge in [-0.3, -0.25) is 0 Å². The molecule has 0 N–H and O–H groups in total. The smallest absolute Gasteiger partial charge is 0.252 e. The molecule has 0 unspecified atom stereocenters. The van der Waals surface area contributed by atoms with Gasteiger partial charge >= 0.3 is 0 Å². The van der Waals surface area contributed by atoms with Crippen LogP contribution in [0.3, 0.4) is 0 Å². The standard InChI is InChI=1S/C90H57B2N5O/c1-5-23-64(24-6-1)93-77-50-45-59(62-43-48-75-85(56-62)96(67-29-11-4-12-30-67)82-39-20-37-80-89(82)91(75)73-33-14-16-35-78(73)94(80)65-25-7-2-8-26-65)53-71(77)69-47-42-61(55-84(69)93)58-22-19-31-68(52-58)97-83-40-21-38-81-90(83)92(74-34-15-17-36-79(74)95(81)66-27-9-3-10-28-66)76-49-44-63(57-86(76)97)60-46-51-88-72(54-60)70-32-13-18-41-87(70)98-88/h1-57H. The van der Waals surface area contributed by atoms with Crippen LogP contribution >= 0.6 is 0 Å². The summed E-state index contributed by atoms with van der Waals surface area (Å²) in [6.45, 7) is 0.0190. The monoisotopic (exact) mass is 1250 g/mol. The van der Waals surface area contributed by atoms with Crippen LogP contribution in [-0.2, 0) is 0 Å². The molecule has 8 heteroatoms. The molecule has 4 aliphatic heterocycles. The third-order valence-electron chi connectivity index (χ3n) is 21.1. The van der Waals surface area contributed by atoms with Gasteiger partial charge in [0.15, 0.2) is 0 Å². The van der Waals surface area contributed by atoms with Crippen molar-refractivity contribution in [2.75, 3.05) is 19.6 Å². The largest absolute Gasteiger partial charge is 0.456 e. The lowest BCUT2D eigenvalue weighted by Crippen LogP contribution is -2.61. The van der Waals surface area contributed by atoms with Crippen molar-refractivity contribution in [1.82, 2.24) is 4.57 Å². The van der Waals surface area contributed by atoms with Crippen LogP contribution in [0.4, 0.5) is 68.2 Å². The van der Waals surface area contributed by atoms with Gasteiger partial charge in [0.05, 0.1) is 11.0 Å². The van der Waals surface area contributed by atoms with E-state index in [4.69, 9.17) is 4.42 Å². The molecule has 0 aliphatic carbocycles. The Hall–Kier alpha value is -12.8. The summed E-state index contributed by atoms with van der Waals surface area (Å²) < 4.78 is 8.81. The van der Waals surface area contributed by atoms with Gasteiger partial charge in [-0.05, 0) is 212 Å². The minimum absolute atomic E-state index is 0.0108. The lowest BCUT2D eigenvalue weighted by molar-refractivity contribution is 0.669. The van der Waals surface area contributed by atoms with Crippen molar-refractivity contribution in [3.05, 3.63) is 346 Å². The van der Waals surface area contributed by atoms with Gasteiger partial charge in [0.25, 0.3) is 13.4 Å². The maximum absolute atomic E-state index is 6.36. The molecule has 0 spiro atoms. The molecular formula is C90H57B2N5O. The molecule has 454 valence electrons. The van der Waals surface area contributed by atoms with Crippen LogP contribution in [0.25, 0.3) is 82.8 Å². The number of nitrogens with zero attached hydrogens (tertiary/aromatic N) is 5. The molecule has 0 atom stereocenters. The normalized spacial score (nSPS) is 13.2. The molecule has 21 rings (SSSR count). The van der Waals surface area contributed by atoms with Gasteiger partial charge in [0.1, 0.15) is 11.2 Å². The SMILES string of the molecule is c1ccc(N2c3ccccc3B3c4ccc(-c5ccc6c(c5)c5ccc(-c7cccc(N8c9cc(-c%10ccc%11oc%12ccccc%12c%11c%10)ccc9B9c%10ccccc%10N(c%10ccccc%10)c%10cccc8c%109)c7)cc5n6-c5ccccc5)cc4N(c4ccccc4)c4cccc2c43)cc1. The fourth-order valence-corrected chi connectivity index (χ4v) is 16.9. The predicted octanol–water partition coefficient (Wildman–Crippen LogP) is 19.8. The lowest BCUT2D eigenvalue weighted by atomic mass is 9.33. The van der Waals surface area contributed by atoms with Crippen LogP contribution in [0, 0.1) is 0 Å². The summed E-state index contributed by atoms with van der Waals surface area (Å²) in [5, 5.41) is 4.63. The van der Waals surface area contributed by atoms with E-state index < -0.39 is 0 Å². The van der Waals surface area contributed by atoms with E-state index >= 15 is 0 Å². The molecule has 6 heterocycles. The first kappa shape index (κ1) is 54.6. The van der Waals surface area contributed by atoms with Gasteiger partial charge in [0.2, 0.25) is 0 Å². The first-order valence-electron chi connectivity index (χ1n) is 33.9. The van der Waals surface area contributed by atoms with E-state index in [1.807, 2.05) is 6.07 Å². The molecule has 4 aliphatic rings. The highest BCUT2D eigenvalue weighted by atomic mass is 16.3. The highest BCUT2D eigenvalue weighted by Crippen LogP contribution is 2.49. The minimum Gasteiger partial charge on any atom is -0.456 e. The predicted molar refractivity (Wildman–Crippen MR) is 412 cm³/mol. The number of anilines is 12. The van der Waals surface area contributed by atoms with E-state index in [2.05, 4.69) is 364 Å². The van der Waals surface area contributed by atoms with Crippen molar-refractivity contribution in [1.29, 1.82) is 0 Å². The van der Waals surface area contributed by atoms with Crippen LogP contribution < -0.4 is 52.4 Å². The fourth-order valence-electron chi connectivity index (χ4n) is 16.9. The first-order valence-corrected chi connectivity index (χ1v) is 33.9. The van der Waals surface area contributed by atoms with Crippen LogP contribution in [-0.4, -0.2) is 18.0 Å². The second kappa shape index (κ2) is 21.4. The van der Waals surface area contributed by atoms with Gasteiger partial charge in [-0.15, -0.1) is 0 Å². The number of furan rings is 1. The van der Waals surface area contributed by atoms with Crippen LogP contribution in [0.15, 0.2) is 350 Å². The van der Waals surface area contributed by atoms with E-state index in [9.17, 15) is 0 Å². The Balaban J connectivity index is 0.711. The van der Waals surface area contributed by atoms with Gasteiger partial charge < -0.3 is 28.6 Å². The van der Waals surface area contributed by atoms with E-state index in [0.29, 0.717) is 0 Å². The summed E-state index contributed by atoms with van der Waals surface area (Å²) in [6, 6.07) is 128. The molecule has 15 aromatic carbocycles. The summed E-state index contributed by atoms with van der Waals surface area (Å²) in [5.74, 6) is 0. The second-order valence-electron chi connectivity index (χ2n) is 26.3. The number of fused-ring (bicyclic) bond motifs is 14. The number of hydrogen-bond donors (Lipinski definition) is 0. The number of rotatable bonds is 8. The molecule has 6 nitrogen and oxygen atoms in total. The van der Waals surface area contributed by atoms with Gasteiger partial charge in [-0.25, -0.2) is 0 Å². The molecule has 2 aromatic heterocycles. The average Bonchev–Trinajstić information content (AvgIpc) is 1.09. The molecule has 0 radical (unpaired) electrons. The minimum atomic E-state index is -0.0108. The Morgan fingerprint density at radius 3 is 1.17 bits per heavy atom. The number of aromatic nitrogens is 1. The molecule has 0 saturated heterocycles. The van der Waals surface area contributed by atoms with Crippen molar-refractivity contribution in [2.45, 2.75) is 0 Å². The highest BCUT2D eigenvalue weighted by Gasteiger charge is 2.45. The van der Waals surface area contributed by atoms with Crippen molar-refractivity contribution in [3.8, 4) is 39.1 Å². The van der Waals surface area contributed by atoms with Crippen molar-refractivity contribution in [3.63, 3.8) is 0 Å². The Morgan fingerprint density at radius 2 is 0.592 bits per heavy atom. The van der Waals surface area contributed by atoms with E-state index in [-0.39, 0.29) is 13.4 Å². The maximum atomic E-state index is 6.36. The first-order chi connectivity index (χ1) is 48.6. The van der Waals surface area contributed by atoms with E-state index in [1.54, 1.807) is 0 Å². The zero-order valence-corrected chi connectivity index (χ0v) is 53.2. The fraction of sp³-hybridized carbons (Fsp3) is 0. The summed E-state index contributed by atoms with van der Waals surface area (Å²) in [6.07, 6.45) is 0. The molecule has 98 heavy (non-hydrogen) atoms. The van der Waals surface area contributed by atoms with Crippen molar-refractivity contribution in [2.24, 2.45) is 0 Å². The van der Waals surface area contributed by atoms with Gasteiger partial charge in [0, 0.05) is 95.5 Å². The molecule has 17 aromatic rings. The summed E-state index contributed by atoms with van der Waals surface area (Å²) in [5.41, 5.74) is 33.8. The van der Waals surface area contributed by atoms with Gasteiger partial charge in [-0.1, -0.05) is 200 Å². The summed E-state index contributed by atoms with van der Waals surface area (Å²) >= 11 is 0. The van der Waals surface area contributed by atoms with E-state index in [1.165, 1.54) is 77.7 Å². The quantitative estimate of drug-likeness (QED) is 0.142. The average molecular weight is 1250 g/mol. The Labute approximate surface area is 568 Å². The zero-order valence-electron chi connectivity index (χ0n) is 53.2. The van der Waals surface area contributed by atoms with Crippen molar-refractivity contribution >= 4 is 158 Å². The molecule has 0 fully saturated rings. The van der Waals surface area contributed by atoms with Crippen LogP contribution in [0.1, 0.15) is 0 Å². The molecule has 0 saturated carbocycles. The topological polar surface area (TPSA) is 31.0 Å². The highest BCUT2D eigenvalue weighted by molar-refractivity contribution is 7.01. The molecule has 0 amide bonds. The third-order valence-corrected chi connectivity index (χ3v) is 21.1. The molecule has 0 bridgehead atoms. The van der Waals surface area contributed by atoms with E-state index in [0.717, 1.165) is 106 Å². The number of hydrogen-bond acceptors (Lipinski definition) is 5. The molecular weight excluding hydrogens is 1190 g/mol. The van der Waals surface area contributed by atoms with Gasteiger partial charge in [-0.2, -0.15) is 0 Å².